The molecule has 1 nitrogen and oxygen atoms in total. The predicted octanol–water partition coefficient (Wildman–Crippen LogP) is 5.14. The second-order valence-electron chi connectivity index (χ2n) is 4.25. The number of benzene rings is 1. The topological polar surface area (TPSA) is 20.2 Å². The zero-order valence-corrected chi connectivity index (χ0v) is 11.1. The highest BCUT2D eigenvalue weighted by molar-refractivity contribution is 5.75. The van der Waals surface area contributed by atoms with Gasteiger partial charge in [0.1, 0.15) is 5.76 Å². The van der Waals surface area contributed by atoms with Crippen LogP contribution >= 0.6 is 0 Å². The van der Waals surface area contributed by atoms with Crippen molar-refractivity contribution in [2.45, 2.75) is 20.3 Å². The highest BCUT2D eigenvalue weighted by Crippen LogP contribution is 2.20. The lowest BCUT2D eigenvalue weighted by molar-refractivity contribution is 0.435. The molecule has 94 valence electrons. The molecule has 0 aromatic heterocycles. The van der Waals surface area contributed by atoms with E-state index in [1.165, 1.54) is 0 Å². The third kappa shape index (κ3) is 4.10. The molecule has 0 spiro atoms. The molecule has 0 saturated carbocycles. The van der Waals surface area contributed by atoms with Crippen LogP contribution in [0, 0.1) is 0 Å². The first-order chi connectivity index (χ1) is 8.54. The van der Waals surface area contributed by atoms with Crippen molar-refractivity contribution in [3.8, 4) is 0 Å². The molecule has 0 aliphatic carbocycles. The van der Waals surface area contributed by atoms with Gasteiger partial charge in [-0.25, -0.2) is 0 Å². The van der Waals surface area contributed by atoms with Crippen molar-refractivity contribution in [1.82, 2.24) is 0 Å². The van der Waals surface area contributed by atoms with Crippen LogP contribution in [0.4, 0.5) is 0 Å². The van der Waals surface area contributed by atoms with Crippen molar-refractivity contribution < 1.29 is 5.11 Å². The molecule has 0 fully saturated rings. The van der Waals surface area contributed by atoms with Crippen molar-refractivity contribution in [1.29, 1.82) is 0 Å². The van der Waals surface area contributed by atoms with E-state index >= 15 is 0 Å². The Balaban J connectivity index is 3.04. The lowest BCUT2D eigenvalue weighted by atomic mass is 10.0. The van der Waals surface area contributed by atoms with Gasteiger partial charge in [0.05, 0.1) is 0 Å². The Kier molecular flexibility index (Phi) is 5.19. The van der Waals surface area contributed by atoms with E-state index in [4.69, 9.17) is 5.11 Å². The van der Waals surface area contributed by atoms with E-state index in [1.54, 1.807) is 6.08 Å². The maximum atomic E-state index is 9.11. The van der Waals surface area contributed by atoms with Crippen LogP contribution in [0.5, 0.6) is 0 Å². The van der Waals surface area contributed by atoms with E-state index in [0.29, 0.717) is 0 Å². The molecule has 1 heteroatoms. The maximum absolute atomic E-state index is 9.11. The minimum absolute atomic E-state index is 0.0653. The molecule has 0 bridgehead atoms. The average molecular weight is 240 g/mol. The van der Waals surface area contributed by atoms with E-state index in [0.717, 1.165) is 28.7 Å². The van der Waals surface area contributed by atoms with E-state index in [2.05, 4.69) is 50.4 Å². The largest absolute Gasteiger partial charge is 0.509 e. The molecule has 0 saturated heterocycles. The summed E-state index contributed by atoms with van der Waals surface area (Å²) in [7, 11) is 0. The molecule has 18 heavy (non-hydrogen) atoms. The molecule has 0 radical (unpaired) electrons. The lowest BCUT2D eigenvalue weighted by Gasteiger charge is -2.05. The number of aliphatic hydroxyl groups is 1. The van der Waals surface area contributed by atoms with Crippen molar-refractivity contribution in [2.75, 3.05) is 0 Å². The van der Waals surface area contributed by atoms with E-state index < -0.39 is 0 Å². The maximum Gasteiger partial charge on any atom is 0.108 e. The summed E-state index contributed by atoms with van der Waals surface area (Å²) in [6, 6.07) is 8.25. The predicted molar refractivity (Wildman–Crippen MR) is 80.3 cm³/mol. The zero-order valence-electron chi connectivity index (χ0n) is 11.1. The monoisotopic (exact) mass is 240 g/mol. The molecular weight excluding hydrogens is 220 g/mol. The van der Waals surface area contributed by atoms with Crippen molar-refractivity contribution in [2.24, 2.45) is 0 Å². The SMILES string of the molecule is C=C(O)/C=C\C(=C/CC)c1ccc(C(=C)C)cc1. The summed E-state index contributed by atoms with van der Waals surface area (Å²) in [4.78, 5) is 0. The third-order valence-electron chi connectivity index (χ3n) is 2.59. The molecule has 1 N–H and O–H groups in total. The quantitative estimate of drug-likeness (QED) is 0.558. The van der Waals surface area contributed by atoms with Crippen LogP contribution in [0.15, 0.2) is 61.4 Å². The van der Waals surface area contributed by atoms with Crippen molar-refractivity contribution in [3.63, 3.8) is 0 Å². The van der Waals surface area contributed by atoms with Crippen molar-refractivity contribution >= 4 is 11.1 Å². The highest BCUT2D eigenvalue weighted by Gasteiger charge is 1.99. The molecule has 0 unspecified atom stereocenters. The number of hydrogen-bond donors (Lipinski definition) is 1. The highest BCUT2D eigenvalue weighted by atomic mass is 16.3. The molecule has 1 aromatic rings. The Hall–Kier alpha value is -2.02. The van der Waals surface area contributed by atoms with Crippen LogP contribution in [-0.4, -0.2) is 5.11 Å². The van der Waals surface area contributed by atoms with Gasteiger partial charge in [0, 0.05) is 0 Å². The summed E-state index contributed by atoms with van der Waals surface area (Å²) < 4.78 is 0. The second-order valence-corrected chi connectivity index (χ2v) is 4.25. The summed E-state index contributed by atoms with van der Waals surface area (Å²) in [6.45, 7) is 11.5. The molecule has 0 aliphatic rings. The Labute approximate surface area is 109 Å². The van der Waals surface area contributed by atoms with Crippen LogP contribution < -0.4 is 0 Å². The third-order valence-corrected chi connectivity index (χ3v) is 2.59. The Morgan fingerprint density at radius 3 is 2.11 bits per heavy atom. The molecule has 1 aromatic carbocycles. The van der Waals surface area contributed by atoms with Gasteiger partial charge in [-0.1, -0.05) is 62.1 Å². The van der Waals surface area contributed by atoms with Gasteiger partial charge < -0.3 is 5.11 Å². The number of rotatable bonds is 5. The van der Waals surface area contributed by atoms with E-state index in [1.807, 2.05) is 13.0 Å². The van der Waals surface area contributed by atoms with Gasteiger partial charge >= 0.3 is 0 Å². The fraction of sp³-hybridized carbons (Fsp3) is 0.176. The average Bonchev–Trinajstić information content (AvgIpc) is 2.34. The molecule has 0 heterocycles. The first-order valence-electron chi connectivity index (χ1n) is 6.07. The van der Waals surface area contributed by atoms with Gasteiger partial charge in [-0.15, -0.1) is 0 Å². The molecule has 1 rings (SSSR count). The number of allylic oxidation sites excluding steroid dienone is 5. The normalized spacial score (nSPS) is 11.8. The summed E-state index contributed by atoms with van der Waals surface area (Å²) >= 11 is 0. The second kappa shape index (κ2) is 6.65. The fourth-order valence-electron chi connectivity index (χ4n) is 1.64. The standard InChI is InChI=1S/C17H20O/c1-5-6-16(8-7-14(4)18)17-11-9-15(10-12-17)13(2)3/h6-12,18H,2,4-5H2,1,3H3/b8-7-,16-6+. The Morgan fingerprint density at radius 2 is 1.67 bits per heavy atom. The summed E-state index contributed by atoms with van der Waals surface area (Å²) in [5.74, 6) is 0.0653. The van der Waals surface area contributed by atoms with Gasteiger partial charge in [-0.3, -0.25) is 0 Å². The Morgan fingerprint density at radius 1 is 1.11 bits per heavy atom. The fourth-order valence-corrected chi connectivity index (χ4v) is 1.64. The smallest absolute Gasteiger partial charge is 0.108 e. The van der Waals surface area contributed by atoms with E-state index in [9.17, 15) is 0 Å². The first-order valence-corrected chi connectivity index (χ1v) is 6.07. The molecule has 0 aliphatic heterocycles. The van der Waals surface area contributed by atoms with Crippen LogP contribution in [0.1, 0.15) is 31.4 Å². The zero-order chi connectivity index (χ0) is 13.5. The molecule has 0 amide bonds. The lowest BCUT2D eigenvalue weighted by Crippen LogP contribution is -1.84. The van der Waals surface area contributed by atoms with Gasteiger partial charge in [0.2, 0.25) is 0 Å². The minimum atomic E-state index is 0.0653. The van der Waals surface area contributed by atoms with E-state index in [-0.39, 0.29) is 5.76 Å². The van der Waals surface area contributed by atoms with Crippen LogP contribution in [-0.2, 0) is 0 Å². The summed E-state index contributed by atoms with van der Waals surface area (Å²) in [5, 5.41) is 9.11. The summed E-state index contributed by atoms with van der Waals surface area (Å²) in [5.41, 5.74) is 4.41. The first kappa shape index (κ1) is 14.0. The van der Waals surface area contributed by atoms with Crippen molar-refractivity contribution in [3.05, 3.63) is 72.5 Å². The van der Waals surface area contributed by atoms with Crippen LogP contribution in [0.3, 0.4) is 0 Å². The molecule has 0 atom stereocenters. The number of aliphatic hydroxyl groups excluding tert-OH is 1. The Bertz CT molecular complexity index is 487. The molecular formula is C17H20O. The minimum Gasteiger partial charge on any atom is -0.509 e. The van der Waals surface area contributed by atoms with Crippen LogP contribution in [0.25, 0.3) is 11.1 Å². The van der Waals surface area contributed by atoms with Crippen LogP contribution in [0.2, 0.25) is 0 Å². The summed E-state index contributed by atoms with van der Waals surface area (Å²) in [6.07, 6.45) is 6.55. The number of hydrogen-bond acceptors (Lipinski definition) is 1. The van der Waals surface area contributed by atoms with Gasteiger partial charge in [0.15, 0.2) is 0 Å². The van der Waals surface area contributed by atoms with Gasteiger partial charge in [-0.05, 0) is 36.1 Å². The van der Waals surface area contributed by atoms with Gasteiger partial charge in [-0.2, -0.15) is 0 Å². The van der Waals surface area contributed by atoms with Gasteiger partial charge in [0.25, 0.3) is 0 Å².